The Kier molecular flexibility index (Phi) is 12.9. The Morgan fingerprint density at radius 2 is 1.27 bits per heavy atom. The van der Waals surface area contributed by atoms with Crippen LogP contribution in [0.5, 0.6) is 11.5 Å². The number of carbonyl (C=O) groups excluding carboxylic acids is 4. The number of alkyl carbamates (subject to hydrolysis) is 2. The van der Waals surface area contributed by atoms with Crippen molar-refractivity contribution in [1.29, 1.82) is 0 Å². The van der Waals surface area contributed by atoms with E-state index in [1.54, 1.807) is 16.0 Å². The number of amides is 4. The number of methoxy groups -OCH3 is 2. The maximum atomic E-state index is 13.7. The van der Waals surface area contributed by atoms with Gasteiger partial charge >= 0.3 is 12.2 Å². The predicted octanol–water partition coefficient (Wildman–Crippen LogP) is 7.04. The molecule has 3 aliphatic rings. The van der Waals surface area contributed by atoms with E-state index >= 15 is 0 Å². The molecular weight excluding hydrogens is 792 g/mol. The molecule has 0 spiro atoms. The van der Waals surface area contributed by atoms with E-state index in [1.807, 2.05) is 64.1 Å². The number of fused-ring (bicyclic) bond motifs is 3. The second-order valence-electron chi connectivity index (χ2n) is 16.0. The number of rotatable bonds is 10. The Balaban J connectivity index is 1.12. The topological polar surface area (TPSA) is 193 Å². The van der Waals surface area contributed by atoms with Gasteiger partial charge in [-0.3, -0.25) is 9.59 Å². The van der Waals surface area contributed by atoms with Crippen LogP contribution in [0.1, 0.15) is 83.5 Å². The van der Waals surface area contributed by atoms with Crippen molar-refractivity contribution in [3.63, 3.8) is 0 Å². The van der Waals surface area contributed by atoms with E-state index < -0.39 is 24.3 Å². The fourth-order valence-corrected chi connectivity index (χ4v) is 8.47. The zero-order valence-corrected chi connectivity index (χ0v) is 35.6. The van der Waals surface area contributed by atoms with Crippen LogP contribution in [0.3, 0.4) is 0 Å². The van der Waals surface area contributed by atoms with Crippen LogP contribution in [0, 0.1) is 11.8 Å². The smallest absolute Gasteiger partial charge is 0.407 e. The molecule has 17 heteroatoms. The van der Waals surface area contributed by atoms with Crippen LogP contribution in [-0.4, -0.2) is 106 Å². The van der Waals surface area contributed by atoms with E-state index in [4.69, 9.17) is 40.5 Å². The van der Waals surface area contributed by atoms with Gasteiger partial charge in [0, 0.05) is 41.8 Å². The molecule has 4 aromatic rings. The van der Waals surface area contributed by atoms with Gasteiger partial charge in [0.1, 0.15) is 46.1 Å². The molecule has 7 rings (SSSR count). The highest BCUT2D eigenvalue weighted by Gasteiger charge is 2.39. The van der Waals surface area contributed by atoms with Crippen molar-refractivity contribution in [1.82, 2.24) is 40.4 Å². The number of nitrogens with one attached hydrogen (secondary N) is 4. The quantitative estimate of drug-likeness (QED) is 0.129. The molecule has 4 atom stereocenters. The highest BCUT2D eigenvalue weighted by atomic mass is 35.5. The van der Waals surface area contributed by atoms with Gasteiger partial charge in [-0.05, 0) is 61.8 Å². The number of ether oxygens (including phenoxy) is 4. The zero-order chi connectivity index (χ0) is 42.7. The van der Waals surface area contributed by atoms with Gasteiger partial charge < -0.3 is 49.3 Å². The molecule has 16 nitrogen and oxygen atoms in total. The molecule has 0 saturated carbocycles. The predicted molar refractivity (Wildman–Crippen MR) is 223 cm³/mol. The summed E-state index contributed by atoms with van der Waals surface area (Å²) in [5.74, 6) is 1.92. The second-order valence-corrected chi connectivity index (χ2v) is 16.4. The minimum Gasteiger partial charge on any atom is -0.493 e. The molecule has 0 radical (unpaired) electrons. The molecule has 0 unspecified atom stereocenters. The summed E-state index contributed by atoms with van der Waals surface area (Å²) < 4.78 is 22.2. The van der Waals surface area contributed by atoms with Crippen molar-refractivity contribution in [3.8, 4) is 45.1 Å². The maximum Gasteiger partial charge on any atom is 0.407 e. The van der Waals surface area contributed by atoms with Gasteiger partial charge in [0.2, 0.25) is 11.8 Å². The van der Waals surface area contributed by atoms with Crippen molar-refractivity contribution in [2.24, 2.45) is 11.8 Å². The van der Waals surface area contributed by atoms with E-state index in [0.717, 1.165) is 47.2 Å². The molecule has 0 aliphatic carbocycles. The lowest BCUT2D eigenvalue weighted by Crippen LogP contribution is -2.51. The molecule has 3 aliphatic heterocycles. The Morgan fingerprint density at radius 1 is 0.750 bits per heavy atom. The molecule has 320 valence electrons. The maximum absolute atomic E-state index is 13.7. The normalized spacial score (nSPS) is 18.6. The third-order valence-electron chi connectivity index (χ3n) is 11.4. The summed E-state index contributed by atoms with van der Waals surface area (Å²) in [5.41, 5.74) is 4.61. The Labute approximate surface area is 354 Å². The number of likely N-dealkylation sites (tertiary alicyclic amines) is 2. The molecule has 2 fully saturated rings. The minimum absolute atomic E-state index is 0.134. The summed E-state index contributed by atoms with van der Waals surface area (Å²) in [6.45, 7) is 9.50. The monoisotopic (exact) mass is 844 g/mol. The number of aromatic amines is 2. The van der Waals surface area contributed by atoms with E-state index in [0.29, 0.717) is 73.1 Å². The Hall–Kier alpha value is -5.77. The summed E-state index contributed by atoms with van der Waals surface area (Å²) in [7, 11) is 2.55. The van der Waals surface area contributed by atoms with E-state index in [9.17, 15) is 19.2 Å². The number of imidazole rings is 2. The molecule has 0 bridgehead atoms. The van der Waals surface area contributed by atoms with Crippen molar-refractivity contribution < 1.29 is 38.1 Å². The molecule has 2 saturated heterocycles. The lowest BCUT2D eigenvalue weighted by atomic mass is 9.98. The average Bonchev–Trinajstić information content (AvgIpc) is 4.08. The van der Waals surface area contributed by atoms with Crippen LogP contribution in [0.4, 0.5) is 9.59 Å². The molecule has 2 aromatic heterocycles. The minimum atomic E-state index is -0.750. The first-order valence-corrected chi connectivity index (χ1v) is 20.9. The number of hydrogen-bond acceptors (Lipinski definition) is 10. The molecule has 5 heterocycles. The van der Waals surface area contributed by atoms with Crippen molar-refractivity contribution in [3.05, 3.63) is 59.4 Å². The molecule has 4 amide bonds. The number of nitrogens with zero attached hydrogens (tertiary/aromatic N) is 4. The van der Waals surface area contributed by atoms with Gasteiger partial charge in [0.25, 0.3) is 0 Å². The van der Waals surface area contributed by atoms with Gasteiger partial charge in [-0.1, -0.05) is 51.4 Å². The number of aromatic nitrogens is 4. The van der Waals surface area contributed by atoms with Crippen LogP contribution in [-0.2, 0) is 19.1 Å². The zero-order valence-electron chi connectivity index (χ0n) is 34.8. The SMILES string of the molecule is COC(=O)N[C@H](C(=O)N1CCC[C@H]1c1ncc(-c2ccc3c(c2)OCCCOc2cc(-c4nc([C@@H]5CCCN5C(=O)[C@@H](NC(=O)OC)C(C)C)[nH]c4Cl)ccc2-3)[nH]1)C(C)C. The first-order valence-electron chi connectivity index (χ1n) is 20.5. The highest BCUT2D eigenvalue weighted by molar-refractivity contribution is 6.32. The summed E-state index contributed by atoms with van der Waals surface area (Å²) in [6, 6.07) is 9.75. The van der Waals surface area contributed by atoms with Gasteiger partial charge in [-0.2, -0.15) is 0 Å². The fourth-order valence-electron chi connectivity index (χ4n) is 8.22. The number of H-pyrrole nitrogens is 2. The Morgan fingerprint density at radius 3 is 1.80 bits per heavy atom. The second kappa shape index (κ2) is 18.2. The van der Waals surface area contributed by atoms with Crippen molar-refractivity contribution in [2.75, 3.05) is 40.5 Å². The summed E-state index contributed by atoms with van der Waals surface area (Å²) in [5, 5.41) is 5.73. The molecule has 4 N–H and O–H groups in total. The fraction of sp³-hybridized carbons (Fsp3) is 0.488. The van der Waals surface area contributed by atoms with Crippen LogP contribution < -0.4 is 20.1 Å². The number of carbonyl (C=O) groups is 4. The van der Waals surface area contributed by atoms with Gasteiger partial charge in [0.05, 0.1) is 51.4 Å². The number of benzene rings is 2. The first-order chi connectivity index (χ1) is 28.9. The van der Waals surface area contributed by atoms with Crippen LogP contribution in [0.25, 0.3) is 33.6 Å². The highest BCUT2D eigenvalue weighted by Crippen LogP contribution is 2.43. The van der Waals surface area contributed by atoms with Gasteiger partial charge in [0.15, 0.2) is 0 Å². The third kappa shape index (κ3) is 8.74. The molecule has 2 aromatic carbocycles. The number of hydrogen-bond donors (Lipinski definition) is 4. The van der Waals surface area contributed by atoms with Crippen molar-refractivity contribution >= 4 is 35.6 Å². The van der Waals surface area contributed by atoms with E-state index in [-0.39, 0.29) is 35.7 Å². The standard InChI is InChI=1S/C43H53ClN8O8/c1-23(2)34(48-42(55)57-5)40(53)51-16-7-10-30(51)38-45-22-29(46-38)25-12-14-27-28-15-13-26(21-33(28)60-19-9-18-59-32(27)20-25)36-37(44)50-39(47-36)31-11-8-17-52(31)41(54)35(24(3)4)49-43(56)58-6/h12-15,20-24,30-31,34-35H,7-11,16-19H2,1-6H3,(H,45,46)(H,47,50)(H,48,55)(H,49,56)/t30-,31-,34-,35-/m0/s1. The van der Waals surface area contributed by atoms with Gasteiger partial charge in [-0.15, -0.1) is 0 Å². The van der Waals surface area contributed by atoms with Gasteiger partial charge in [-0.25, -0.2) is 19.6 Å². The Bertz CT molecular complexity index is 2220. The first kappa shape index (κ1) is 42.4. The average molecular weight is 845 g/mol. The van der Waals surface area contributed by atoms with E-state index in [1.165, 1.54) is 14.2 Å². The lowest BCUT2D eigenvalue weighted by Gasteiger charge is -2.30. The largest absolute Gasteiger partial charge is 0.493 e. The van der Waals surface area contributed by atoms with E-state index in [2.05, 4.69) is 20.6 Å². The molecular formula is C43H53ClN8O8. The van der Waals surface area contributed by atoms with Crippen LogP contribution in [0.15, 0.2) is 42.6 Å². The molecule has 60 heavy (non-hydrogen) atoms. The van der Waals surface area contributed by atoms with Crippen LogP contribution >= 0.6 is 11.6 Å². The summed E-state index contributed by atoms with van der Waals surface area (Å²) in [6.07, 6.45) is 4.15. The lowest BCUT2D eigenvalue weighted by molar-refractivity contribution is -0.136. The summed E-state index contributed by atoms with van der Waals surface area (Å²) >= 11 is 6.82. The summed E-state index contributed by atoms with van der Waals surface area (Å²) in [4.78, 5) is 71.4. The van der Waals surface area contributed by atoms with Crippen molar-refractivity contribution in [2.45, 2.75) is 84.0 Å². The van der Waals surface area contributed by atoms with Crippen LogP contribution in [0.2, 0.25) is 5.15 Å². The number of halogens is 1. The third-order valence-corrected chi connectivity index (χ3v) is 11.7.